The molecule has 0 aliphatic carbocycles. The molecular formula is C12H7F3N4O. The fraction of sp³-hybridized carbons (Fsp3) is 0.0833. The van der Waals surface area contributed by atoms with Gasteiger partial charge in [0.05, 0.1) is 17.2 Å². The van der Waals surface area contributed by atoms with Gasteiger partial charge in [-0.15, -0.1) is 0 Å². The second kappa shape index (κ2) is 5.05. The van der Waals surface area contributed by atoms with E-state index in [1.54, 1.807) is 6.07 Å². The largest absolute Gasteiger partial charge is 0.438 e. The Bertz CT molecular complexity index is 679. The van der Waals surface area contributed by atoms with E-state index >= 15 is 0 Å². The molecule has 0 atom stereocenters. The summed E-state index contributed by atoms with van der Waals surface area (Å²) in [4.78, 5) is 7.25. The fourth-order valence-electron chi connectivity index (χ4n) is 1.44. The molecule has 8 heteroatoms. The molecule has 0 unspecified atom stereocenters. The molecule has 0 amide bonds. The maximum atomic E-state index is 12.9. The van der Waals surface area contributed by atoms with Gasteiger partial charge in [-0.05, 0) is 18.2 Å². The number of nitrogen functional groups attached to an aromatic ring is 1. The molecular weight excluding hydrogens is 273 g/mol. The number of alkyl halides is 3. The van der Waals surface area contributed by atoms with Crippen LogP contribution in [0.5, 0.6) is 11.6 Å². The van der Waals surface area contributed by atoms with Crippen molar-refractivity contribution in [1.82, 2.24) is 9.97 Å². The Labute approximate surface area is 111 Å². The molecule has 2 N–H and O–H groups in total. The molecule has 0 aliphatic rings. The molecule has 0 radical (unpaired) electrons. The van der Waals surface area contributed by atoms with E-state index < -0.39 is 17.5 Å². The number of aromatic nitrogens is 2. The Morgan fingerprint density at radius 1 is 1.25 bits per heavy atom. The van der Waals surface area contributed by atoms with Crippen LogP contribution in [0, 0.1) is 11.3 Å². The molecule has 1 heterocycles. The molecule has 102 valence electrons. The monoisotopic (exact) mass is 280 g/mol. The van der Waals surface area contributed by atoms with Crippen LogP contribution in [0.25, 0.3) is 0 Å². The van der Waals surface area contributed by atoms with Crippen molar-refractivity contribution >= 4 is 5.95 Å². The third kappa shape index (κ3) is 2.95. The summed E-state index contributed by atoms with van der Waals surface area (Å²) in [7, 11) is 0. The molecule has 2 rings (SSSR count). The highest BCUT2D eigenvalue weighted by atomic mass is 19.4. The zero-order valence-electron chi connectivity index (χ0n) is 9.85. The Kier molecular flexibility index (Phi) is 3.43. The molecule has 0 saturated heterocycles. The van der Waals surface area contributed by atoms with Crippen molar-refractivity contribution in [3.05, 3.63) is 41.6 Å². The van der Waals surface area contributed by atoms with E-state index in [-0.39, 0.29) is 17.4 Å². The van der Waals surface area contributed by atoms with Gasteiger partial charge in [0, 0.05) is 12.3 Å². The van der Waals surface area contributed by atoms with Crippen LogP contribution in [0.15, 0.2) is 30.5 Å². The summed E-state index contributed by atoms with van der Waals surface area (Å²) in [5.74, 6) is -0.702. The van der Waals surface area contributed by atoms with Crippen LogP contribution in [0.3, 0.4) is 0 Å². The van der Waals surface area contributed by atoms with Crippen LogP contribution < -0.4 is 10.5 Å². The first kappa shape index (κ1) is 13.6. The second-order valence-corrected chi connectivity index (χ2v) is 3.68. The molecule has 0 saturated carbocycles. The maximum absolute atomic E-state index is 12.9. The Balaban J connectivity index is 2.44. The highest BCUT2D eigenvalue weighted by Gasteiger charge is 2.35. The lowest BCUT2D eigenvalue weighted by atomic mass is 10.1. The van der Waals surface area contributed by atoms with Gasteiger partial charge in [0.2, 0.25) is 11.8 Å². The highest BCUT2D eigenvalue weighted by Crippen LogP contribution is 2.38. The van der Waals surface area contributed by atoms with Crippen LogP contribution >= 0.6 is 0 Å². The summed E-state index contributed by atoms with van der Waals surface area (Å²) in [6.45, 7) is 0. The number of nitriles is 1. The maximum Gasteiger partial charge on any atom is 0.420 e. The molecule has 20 heavy (non-hydrogen) atoms. The van der Waals surface area contributed by atoms with Crippen molar-refractivity contribution in [3.8, 4) is 17.7 Å². The van der Waals surface area contributed by atoms with E-state index in [0.717, 1.165) is 6.07 Å². The van der Waals surface area contributed by atoms with Crippen LogP contribution in [-0.2, 0) is 6.18 Å². The Morgan fingerprint density at radius 3 is 2.60 bits per heavy atom. The van der Waals surface area contributed by atoms with E-state index in [4.69, 9.17) is 15.7 Å². The third-order valence-corrected chi connectivity index (χ3v) is 2.28. The number of nitrogens with two attached hydrogens (primary N) is 1. The first-order valence-electron chi connectivity index (χ1n) is 5.28. The first-order chi connectivity index (χ1) is 9.40. The molecule has 5 nitrogen and oxygen atoms in total. The minimum absolute atomic E-state index is 0.118. The number of ether oxygens (including phenoxy) is 1. The quantitative estimate of drug-likeness (QED) is 0.914. The van der Waals surface area contributed by atoms with E-state index in [2.05, 4.69) is 9.97 Å². The number of anilines is 1. The number of hydrogen-bond acceptors (Lipinski definition) is 5. The summed E-state index contributed by atoms with van der Waals surface area (Å²) in [5, 5.41) is 8.65. The number of hydrogen-bond donors (Lipinski definition) is 1. The van der Waals surface area contributed by atoms with Crippen molar-refractivity contribution < 1.29 is 17.9 Å². The van der Waals surface area contributed by atoms with Crippen molar-refractivity contribution in [2.75, 3.05) is 5.73 Å². The summed E-state index contributed by atoms with van der Waals surface area (Å²) in [6, 6.07) is 5.89. The Hall–Kier alpha value is -2.82. The minimum atomic E-state index is -4.65. The summed E-state index contributed by atoms with van der Waals surface area (Å²) in [5.41, 5.74) is 4.13. The molecule has 0 bridgehead atoms. The van der Waals surface area contributed by atoms with Crippen molar-refractivity contribution in [3.63, 3.8) is 0 Å². The van der Waals surface area contributed by atoms with Crippen LogP contribution in [0.2, 0.25) is 0 Å². The van der Waals surface area contributed by atoms with Gasteiger partial charge < -0.3 is 10.5 Å². The van der Waals surface area contributed by atoms with Crippen LogP contribution in [0.4, 0.5) is 19.1 Å². The average molecular weight is 280 g/mol. The lowest BCUT2D eigenvalue weighted by Crippen LogP contribution is -2.08. The predicted octanol–water partition coefficient (Wildman–Crippen LogP) is 2.74. The SMILES string of the molecule is N#Cc1ccc(Oc2ccnc(N)n2)c(C(F)(F)F)c1. The number of nitrogens with zero attached hydrogens (tertiary/aromatic N) is 3. The number of benzene rings is 1. The first-order valence-corrected chi connectivity index (χ1v) is 5.28. The van der Waals surface area contributed by atoms with E-state index in [0.29, 0.717) is 6.07 Å². The molecule has 1 aromatic carbocycles. The summed E-state index contributed by atoms with van der Waals surface area (Å²) in [6.07, 6.45) is -3.39. The standard InChI is InChI=1S/C12H7F3N4O/c13-12(14,15)8-5-7(6-16)1-2-9(8)20-10-3-4-18-11(17)19-10/h1-5H,(H2,17,18,19). The lowest BCUT2D eigenvalue weighted by Gasteiger charge is -2.13. The summed E-state index contributed by atoms with van der Waals surface area (Å²) < 4.78 is 43.8. The Morgan fingerprint density at radius 2 is 2.00 bits per heavy atom. The topological polar surface area (TPSA) is 84.8 Å². The lowest BCUT2D eigenvalue weighted by molar-refractivity contribution is -0.138. The van der Waals surface area contributed by atoms with Gasteiger partial charge >= 0.3 is 6.18 Å². The van der Waals surface area contributed by atoms with Crippen LogP contribution in [0.1, 0.15) is 11.1 Å². The number of halogens is 3. The number of rotatable bonds is 2. The van der Waals surface area contributed by atoms with Crippen LogP contribution in [-0.4, -0.2) is 9.97 Å². The fourth-order valence-corrected chi connectivity index (χ4v) is 1.44. The van der Waals surface area contributed by atoms with E-state index in [9.17, 15) is 13.2 Å². The molecule has 0 fully saturated rings. The molecule has 0 aliphatic heterocycles. The van der Waals surface area contributed by atoms with Crippen molar-refractivity contribution in [2.45, 2.75) is 6.18 Å². The van der Waals surface area contributed by atoms with Gasteiger partial charge in [0.15, 0.2) is 0 Å². The zero-order chi connectivity index (χ0) is 14.8. The van der Waals surface area contributed by atoms with Gasteiger partial charge in [-0.3, -0.25) is 0 Å². The predicted molar refractivity (Wildman–Crippen MR) is 62.7 cm³/mol. The van der Waals surface area contributed by atoms with E-state index in [1.807, 2.05) is 0 Å². The minimum Gasteiger partial charge on any atom is -0.438 e. The molecule has 0 spiro atoms. The average Bonchev–Trinajstić information content (AvgIpc) is 2.38. The normalized spacial score (nSPS) is 10.9. The van der Waals surface area contributed by atoms with Gasteiger partial charge in [0.25, 0.3) is 0 Å². The van der Waals surface area contributed by atoms with Crippen molar-refractivity contribution in [1.29, 1.82) is 5.26 Å². The van der Waals surface area contributed by atoms with Gasteiger partial charge in [0.1, 0.15) is 5.75 Å². The van der Waals surface area contributed by atoms with Crippen molar-refractivity contribution in [2.24, 2.45) is 0 Å². The zero-order valence-corrected chi connectivity index (χ0v) is 9.85. The van der Waals surface area contributed by atoms with Gasteiger partial charge in [-0.1, -0.05) is 0 Å². The highest BCUT2D eigenvalue weighted by molar-refractivity contribution is 5.45. The van der Waals surface area contributed by atoms with Gasteiger partial charge in [-0.25, -0.2) is 4.98 Å². The smallest absolute Gasteiger partial charge is 0.420 e. The summed E-state index contributed by atoms with van der Waals surface area (Å²) >= 11 is 0. The molecule has 2 aromatic rings. The molecule has 1 aromatic heterocycles. The van der Waals surface area contributed by atoms with E-state index in [1.165, 1.54) is 18.3 Å². The third-order valence-electron chi connectivity index (χ3n) is 2.28. The van der Waals surface area contributed by atoms with Gasteiger partial charge in [-0.2, -0.15) is 23.4 Å². The second-order valence-electron chi connectivity index (χ2n) is 3.68.